The van der Waals surface area contributed by atoms with E-state index in [0.717, 1.165) is 11.1 Å². The minimum absolute atomic E-state index is 0.0846. The van der Waals surface area contributed by atoms with Gasteiger partial charge in [-0.05, 0) is 31.2 Å². The topological polar surface area (TPSA) is 61.6 Å². The van der Waals surface area contributed by atoms with Crippen LogP contribution >= 0.6 is 0 Å². The molecule has 1 aliphatic heterocycles. The lowest BCUT2D eigenvalue weighted by molar-refractivity contribution is -0.385. The molecule has 0 bridgehead atoms. The smallest absolute Gasteiger partial charge is 0.276 e. The number of hydrogen-bond donors (Lipinski definition) is 0. The maximum Gasteiger partial charge on any atom is 0.276 e. The summed E-state index contributed by atoms with van der Waals surface area (Å²) in [5.41, 5.74) is 2.58. The average Bonchev–Trinajstić information content (AvgIpc) is 2.82. The third-order valence-electron chi connectivity index (χ3n) is 4.12. The van der Waals surface area contributed by atoms with E-state index in [9.17, 15) is 10.1 Å². The van der Waals surface area contributed by atoms with Gasteiger partial charge in [-0.15, -0.1) is 0 Å². The molecule has 0 amide bonds. The van der Waals surface area contributed by atoms with Crippen molar-refractivity contribution in [3.05, 3.63) is 87.5 Å². The molecule has 128 valence electrons. The first-order valence-corrected chi connectivity index (χ1v) is 8.12. The third kappa shape index (κ3) is 3.02. The number of non-ortho nitro benzene ring substituents is 1. The predicted octanol–water partition coefficient (Wildman–Crippen LogP) is 5.97. The van der Waals surface area contributed by atoms with Crippen molar-refractivity contribution in [1.82, 2.24) is 0 Å². The van der Waals surface area contributed by atoms with Crippen LogP contribution in [0.25, 0.3) is 12.2 Å². The molecule has 0 saturated heterocycles. The summed E-state index contributed by atoms with van der Waals surface area (Å²) in [4.78, 5) is 10.9. The maximum atomic E-state index is 11.3. The number of nitro groups is 1. The highest BCUT2D eigenvalue weighted by atomic mass is 16.6. The van der Waals surface area contributed by atoms with Gasteiger partial charge in [-0.25, -0.2) is 0 Å². The Bertz CT molecular complexity index is 1020. The number of benzene rings is 3. The molecule has 4 rings (SSSR count). The molecule has 0 spiro atoms. The lowest BCUT2D eigenvalue weighted by Gasteiger charge is -2.13. The van der Waals surface area contributed by atoms with Gasteiger partial charge < -0.3 is 9.47 Å². The lowest BCUT2D eigenvalue weighted by atomic mass is 10.1. The van der Waals surface area contributed by atoms with Gasteiger partial charge in [0.05, 0.1) is 22.6 Å². The molecule has 0 aliphatic carbocycles. The van der Waals surface area contributed by atoms with Crippen molar-refractivity contribution in [3.8, 4) is 23.0 Å². The Balaban J connectivity index is 1.83. The normalized spacial score (nSPS) is 11.7. The first kappa shape index (κ1) is 15.9. The van der Waals surface area contributed by atoms with Crippen molar-refractivity contribution in [2.75, 3.05) is 0 Å². The standard InChI is InChI=1S/C21H15NO4/c1-14-6-9-17(10-7-14)25-20-12-16(22(23)24)13-21-18(20)11-8-15-4-2-3-5-19(15)26-21/h2-13H,1H3. The number of para-hydroxylation sites is 1. The van der Waals surface area contributed by atoms with Gasteiger partial charge in [-0.1, -0.05) is 42.0 Å². The summed E-state index contributed by atoms with van der Waals surface area (Å²) in [5.74, 6) is 2.02. The van der Waals surface area contributed by atoms with Crippen molar-refractivity contribution >= 4 is 17.8 Å². The SMILES string of the molecule is Cc1ccc(Oc2cc([N+](=O)[O-])cc3c2C=Cc2ccccc2O3)cc1. The molecule has 0 unspecified atom stereocenters. The van der Waals surface area contributed by atoms with Gasteiger partial charge in [0.25, 0.3) is 5.69 Å². The van der Waals surface area contributed by atoms with Crippen LogP contribution in [0, 0.1) is 17.0 Å². The highest BCUT2D eigenvalue weighted by molar-refractivity contribution is 5.81. The molecule has 5 heteroatoms. The van der Waals surface area contributed by atoms with E-state index in [4.69, 9.17) is 9.47 Å². The molecule has 0 N–H and O–H groups in total. The first-order valence-electron chi connectivity index (χ1n) is 8.12. The molecule has 0 atom stereocenters. The number of aryl methyl sites for hydroxylation is 1. The second-order valence-electron chi connectivity index (χ2n) is 6.00. The molecule has 0 aromatic heterocycles. The van der Waals surface area contributed by atoms with E-state index < -0.39 is 4.92 Å². The van der Waals surface area contributed by atoms with Crippen molar-refractivity contribution in [1.29, 1.82) is 0 Å². The second kappa shape index (κ2) is 6.37. The minimum atomic E-state index is -0.452. The van der Waals surface area contributed by atoms with E-state index in [0.29, 0.717) is 28.6 Å². The summed E-state index contributed by atoms with van der Waals surface area (Å²) < 4.78 is 11.9. The van der Waals surface area contributed by atoms with E-state index in [-0.39, 0.29) is 5.69 Å². The number of ether oxygens (including phenoxy) is 2. The van der Waals surface area contributed by atoms with Gasteiger partial charge in [0, 0.05) is 5.56 Å². The highest BCUT2D eigenvalue weighted by Crippen LogP contribution is 2.42. The number of rotatable bonds is 3. The molecule has 0 radical (unpaired) electrons. The van der Waals surface area contributed by atoms with Crippen LogP contribution in [-0.2, 0) is 0 Å². The Labute approximate surface area is 150 Å². The van der Waals surface area contributed by atoms with Crippen LogP contribution in [0.15, 0.2) is 60.7 Å². The lowest BCUT2D eigenvalue weighted by Crippen LogP contribution is -1.96. The van der Waals surface area contributed by atoms with Crippen LogP contribution in [0.4, 0.5) is 5.69 Å². The van der Waals surface area contributed by atoms with Crippen molar-refractivity contribution in [2.24, 2.45) is 0 Å². The van der Waals surface area contributed by atoms with Crippen molar-refractivity contribution in [2.45, 2.75) is 6.92 Å². The molecular formula is C21H15NO4. The summed E-state index contributed by atoms with van der Waals surface area (Å²) in [6.45, 7) is 1.98. The monoisotopic (exact) mass is 345 g/mol. The fourth-order valence-corrected chi connectivity index (χ4v) is 2.76. The van der Waals surface area contributed by atoms with Crippen LogP contribution < -0.4 is 9.47 Å². The molecule has 5 nitrogen and oxygen atoms in total. The molecule has 1 heterocycles. The predicted molar refractivity (Wildman–Crippen MR) is 99.8 cm³/mol. The van der Waals surface area contributed by atoms with Gasteiger partial charge in [-0.2, -0.15) is 0 Å². The van der Waals surface area contributed by atoms with Gasteiger partial charge in [0.15, 0.2) is 0 Å². The first-order chi connectivity index (χ1) is 12.6. The highest BCUT2D eigenvalue weighted by Gasteiger charge is 2.21. The molecular weight excluding hydrogens is 330 g/mol. The van der Waals surface area contributed by atoms with Crippen LogP contribution in [0.2, 0.25) is 0 Å². The van der Waals surface area contributed by atoms with Gasteiger partial charge >= 0.3 is 0 Å². The summed E-state index contributed by atoms with van der Waals surface area (Å²) in [5, 5.41) is 11.3. The molecule has 26 heavy (non-hydrogen) atoms. The fourth-order valence-electron chi connectivity index (χ4n) is 2.76. The summed E-state index contributed by atoms with van der Waals surface area (Å²) in [6, 6.07) is 17.9. The Morgan fingerprint density at radius 1 is 0.962 bits per heavy atom. The summed E-state index contributed by atoms with van der Waals surface area (Å²) in [6.07, 6.45) is 3.77. The van der Waals surface area contributed by atoms with Crippen LogP contribution in [0.5, 0.6) is 23.0 Å². The maximum absolute atomic E-state index is 11.3. The number of fused-ring (bicyclic) bond motifs is 2. The summed E-state index contributed by atoms with van der Waals surface area (Å²) >= 11 is 0. The number of nitrogens with zero attached hydrogens (tertiary/aromatic N) is 1. The Morgan fingerprint density at radius 2 is 1.73 bits per heavy atom. The average molecular weight is 345 g/mol. The van der Waals surface area contributed by atoms with E-state index in [1.54, 1.807) is 0 Å². The van der Waals surface area contributed by atoms with Crippen LogP contribution in [-0.4, -0.2) is 4.92 Å². The van der Waals surface area contributed by atoms with Gasteiger partial charge in [0.2, 0.25) is 0 Å². The third-order valence-corrected chi connectivity index (χ3v) is 4.12. The number of hydrogen-bond acceptors (Lipinski definition) is 4. The van der Waals surface area contributed by atoms with E-state index in [1.807, 2.05) is 67.6 Å². The largest absolute Gasteiger partial charge is 0.456 e. The Morgan fingerprint density at radius 3 is 2.50 bits per heavy atom. The van der Waals surface area contributed by atoms with Crippen LogP contribution in [0.1, 0.15) is 16.7 Å². The molecule has 0 saturated carbocycles. The van der Waals surface area contributed by atoms with Gasteiger partial charge in [0.1, 0.15) is 23.0 Å². The van der Waals surface area contributed by atoms with E-state index in [1.165, 1.54) is 12.1 Å². The summed E-state index contributed by atoms with van der Waals surface area (Å²) in [7, 11) is 0. The van der Waals surface area contributed by atoms with E-state index >= 15 is 0 Å². The second-order valence-corrected chi connectivity index (χ2v) is 6.00. The Kier molecular flexibility index (Phi) is 3.89. The quantitative estimate of drug-likeness (QED) is 0.339. The molecule has 0 fully saturated rings. The zero-order valence-electron chi connectivity index (χ0n) is 14.0. The number of nitro benzene ring substituents is 1. The van der Waals surface area contributed by atoms with Crippen molar-refractivity contribution in [3.63, 3.8) is 0 Å². The zero-order valence-corrected chi connectivity index (χ0v) is 14.0. The van der Waals surface area contributed by atoms with Crippen molar-refractivity contribution < 1.29 is 14.4 Å². The van der Waals surface area contributed by atoms with Crippen LogP contribution in [0.3, 0.4) is 0 Å². The Hall–Kier alpha value is -3.60. The minimum Gasteiger partial charge on any atom is -0.456 e. The molecule has 3 aromatic carbocycles. The molecule has 3 aromatic rings. The fraction of sp³-hybridized carbons (Fsp3) is 0.0476. The molecule has 1 aliphatic rings. The van der Waals surface area contributed by atoms with Gasteiger partial charge in [-0.3, -0.25) is 10.1 Å². The van der Waals surface area contributed by atoms with E-state index in [2.05, 4.69) is 0 Å². The zero-order chi connectivity index (χ0) is 18.1.